The second-order valence-electron chi connectivity index (χ2n) is 5.34. The van der Waals surface area contributed by atoms with Crippen molar-refractivity contribution in [3.05, 3.63) is 52.4 Å². The highest BCUT2D eigenvalue weighted by Gasteiger charge is 2.17. The molecular formula is C18H16O5. The van der Waals surface area contributed by atoms with E-state index in [4.69, 9.17) is 14.3 Å². The highest BCUT2D eigenvalue weighted by molar-refractivity contribution is 6.04. The highest BCUT2D eigenvalue weighted by Crippen LogP contribution is 2.30. The fourth-order valence-corrected chi connectivity index (χ4v) is 2.58. The number of aryl methyl sites for hydroxylation is 1. The molecule has 0 radical (unpaired) electrons. The molecule has 0 aliphatic rings. The smallest absolute Gasteiger partial charge is 0.344 e. The van der Waals surface area contributed by atoms with Gasteiger partial charge in [-0.3, -0.25) is 0 Å². The van der Waals surface area contributed by atoms with Crippen molar-refractivity contribution >= 4 is 27.7 Å². The molecule has 1 heterocycles. The van der Waals surface area contributed by atoms with Crippen molar-refractivity contribution in [3.63, 3.8) is 0 Å². The lowest BCUT2D eigenvalue weighted by Gasteiger charge is -2.15. The summed E-state index contributed by atoms with van der Waals surface area (Å²) >= 11 is 0. The number of carbonyl (C=O) groups is 1. The number of hydrogen-bond acceptors (Lipinski definition) is 4. The van der Waals surface area contributed by atoms with Gasteiger partial charge >= 0.3 is 11.6 Å². The molecule has 0 aliphatic carbocycles. The van der Waals surface area contributed by atoms with Crippen LogP contribution in [0.2, 0.25) is 0 Å². The normalized spacial score (nSPS) is 12.4. The van der Waals surface area contributed by atoms with Gasteiger partial charge in [-0.25, -0.2) is 9.59 Å². The highest BCUT2D eigenvalue weighted by atomic mass is 16.5. The average molecular weight is 312 g/mol. The summed E-state index contributed by atoms with van der Waals surface area (Å²) in [5.74, 6) is -0.625. The molecule has 0 amide bonds. The second-order valence-corrected chi connectivity index (χ2v) is 5.34. The lowest BCUT2D eigenvalue weighted by atomic mass is 10.0. The van der Waals surface area contributed by atoms with Crippen molar-refractivity contribution in [1.82, 2.24) is 0 Å². The summed E-state index contributed by atoms with van der Waals surface area (Å²) in [7, 11) is 0. The lowest BCUT2D eigenvalue weighted by molar-refractivity contribution is -0.144. The molecule has 0 saturated carbocycles. The van der Waals surface area contributed by atoms with Crippen molar-refractivity contribution in [2.45, 2.75) is 26.4 Å². The van der Waals surface area contributed by atoms with E-state index in [1.807, 2.05) is 25.1 Å². The van der Waals surface area contributed by atoms with E-state index in [9.17, 15) is 9.59 Å². The van der Waals surface area contributed by atoms with Gasteiger partial charge in [0.2, 0.25) is 0 Å². The van der Waals surface area contributed by atoms with Crippen LogP contribution in [0.3, 0.4) is 0 Å². The number of ether oxygens (including phenoxy) is 1. The van der Waals surface area contributed by atoms with E-state index >= 15 is 0 Å². The van der Waals surface area contributed by atoms with E-state index in [2.05, 4.69) is 0 Å². The fourth-order valence-electron chi connectivity index (χ4n) is 2.58. The number of aliphatic carboxylic acids is 1. The minimum atomic E-state index is -1.05. The fraction of sp³-hybridized carbons (Fsp3) is 0.222. The van der Waals surface area contributed by atoms with Gasteiger partial charge in [0.25, 0.3) is 0 Å². The Morgan fingerprint density at radius 3 is 2.57 bits per heavy atom. The molecule has 23 heavy (non-hydrogen) atoms. The molecule has 5 heteroatoms. The Bertz CT molecular complexity index is 955. The molecule has 0 saturated heterocycles. The molecule has 0 fully saturated rings. The van der Waals surface area contributed by atoms with Crippen LogP contribution in [0.15, 0.2) is 45.6 Å². The van der Waals surface area contributed by atoms with E-state index in [1.54, 1.807) is 18.2 Å². The summed E-state index contributed by atoms with van der Waals surface area (Å²) in [5, 5.41) is 11.2. The van der Waals surface area contributed by atoms with Crippen molar-refractivity contribution in [3.8, 4) is 5.75 Å². The van der Waals surface area contributed by atoms with Gasteiger partial charge in [0, 0.05) is 11.5 Å². The third kappa shape index (κ3) is 2.65. The molecule has 1 aromatic heterocycles. The predicted molar refractivity (Wildman–Crippen MR) is 87.1 cm³/mol. The summed E-state index contributed by atoms with van der Waals surface area (Å²) in [6.07, 6.45) is -0.310. The first kappa shape index (κ1) is 15.1. The topological polar surface area (TPSA) is 76.7 Å². The van der Waals surface area contributed by atoms with E-state index in [0.29, 0.717) is 23.1 Å². The number of fused-ring (bicyclic) bond motifs is 3. The SMILES string of the molecule is CCc1cc2c(cc1OC(C)C(=O)O)oc(=O)c1ccccc12. The van der Waals surface area contributed by atoms with Gasteiger partial charge in [0.05, 0.1) is 5.39 Å². The van der Waals surface area contributed by atoms with Gasteiger partial charge in [-0.1, -0.05) is 25.1 Å². The molecule has 1 unspecified atom stereocenters. The summed E-state index contributed by atoms with van der Waals surface area (Å²) < 4.78 is 10.9. The van der Waals surface area contributed by atoms with Crippen LogP contribution in [0.25, 0.3) is 21.7 Å². The van der Waals surface area contributed by atoms with Crippen molar-refractivity contribution in [2.75, 3.05) is 0 Å². The number of carboxylic acids is 1. The van der Waals surface area contributed by atoms with Crippen molar-refractivity contribution in [2.24, 2.45) is 0 Å². The zero-order chi connectivity index (χ0) is 16.6. The first-order chi connectivity index (χ1) is 11.0. The molecule has 5 nitrogen and oxygen atoms in total. The number of benzene rings is 2. The van der Waals surface area contributed by atoms with Gasteiger partial charge in [0.15, 0.2) is 6.10 Å². The monoisotopic (exact) mass is 312 g/mol. The molecular weight excluding hydrogens is 296 g/mol. The van der Waals surface area contributed by atoms with E-state index in [1.165, 1.54) is 6.92 Å². The maximum Gasteiger partial charge on any atom is 0.344 e. The van der Waals surface area contributed by atoms with Crippen LogP contribution < -0.4 is 10.4 Å². The summed E-state index contributed by atoms with van der Waals surface area (Å²) in [6.45, 7) is 3.42. The molecule has 1 atom stereocenters. The second kappa shape index (κ2) is 5.76. The molecule has 2 aromatic carbocycles. The minimum Gasteiger partial charge on any atom is -0.479 e. The Kier molecular flexibility index (Phi) is 3.78. The Labute approximate surface area is 132 Å². The molecule has 0 aliphatic heterocycles. The summed E-state index contributed by atoms with van der Waals surface area (Å²) in [4.78, 5) is 23.1. The summed E-state index contributed by atoms with van der Waals surface area (Å²) in [5.41, 5.74) is 0.831. The van der Waals surface area contributed by atoms with Crippen LogP contribution in [0, 0.1) is 0 Å². The first-order valence-corrected chi connectivity index (χ1v) is 7.39. The van der Waals surface area contributed by atoms with Crippen LogP contribution in [-0.2, 0) is 11.2 Å². The Morgan fingerprint density at radius 1 is 1.22 bits per heavy atom. The maximum absolute atomic E-state index is 12.1. The summed E-state index contributed by atoms with van der Waals surface area (Å²) in [6, 6.07) is 10.7. The van der Waals surface area contributed by atoms with Gasteiger partial charge in [-0.15, -0.1) is 0 Å². The Morgan fingerprint density at radius 2 is 1.91 bits per heavy atom. The van der Waals surface area contributed by atoms with Crippen LogP contribution in [0.4, 0.5) is 0 Å². The van der Waals surface area contributed by atoms with Crippen LogP contribution >= 0.6 is 0 Å². The minimum absolute atomic E-state index is 0.387. The first-order valence-electron chi connectivity index (χ1n) is 7.39. The average Bonchev–Trinajstić information content (AvgIpc) is 2.54. The molecule has 3 rings (SSSR count). The van der Waals surface area contributed by atoms with E-state index in [0.717, 1.165) is 16.3 Å². The number of rotatable bonds is 4. The van der Waals surface area contributed by atoms with Crippen LogP contribution in [-0.4, -0.2) is 17.2 Å². The number of carboxylic acid groups (broad SMARTS) is 1. The molecule has 0 bridgehead atoms. The number of hydrogen-bond donors (Lipinski definition) is 1. The molecule has 1 N–H and O–H groups in total. The van der Waals surface area contributed by atoms with Crippen molar-refractivity contribution in [1.29, 1.82) is 0 Å². The van der Waals surface area contributed by atoms with Crippen LogP contribution in [0.5, 0.6) is 5.75 Å². The zero-order valence-corrected chi connectivity index (χ0v) is 12.8. The van der Waals surface area contributed by atoms with Crippen molar-refractivity contribution < 1.29 is 19.1 Å². The quantitative estimate of drug-likeness (QED) is 0.590. The Hall–Kier alpha value is -2.82. The molecule has 3 aromatic rings. The van der Waals surface area contributed by atoms with Gasteiger partial charge < -0.3 is 14.3 Å². The largest absolute Gasteiger partial charge is 0.479 e. The predicted octanol–water partition coefficient (Wildman–Crippen LogP) is 3.36. The van der Waals surface area contributed by atoms with Gasteiger partial charge in [-0.2, -0.15) is 0 Å². The van der Waals surface area contributed by atoms with Crippen LogP contribution in [0.1, 0.15) is 19.4 Å². The maximum atomic E-state index is 12.1. The zero-order valence-electron chi connectivity index (χ0n) is 12.8. The lowest BCUT2D eigenvalue weighted by Crippen LogP contribution is -2.23. The van der Waals surface area contributed by atoms with E-state index < -0.39 is 17.7 Å². The standard InChI is InChI=1S/C18H16O5/c1-3-11-8-14-12-6-4-5-7-13(12)18(21)23-16(14)9-15(11)22-10(2)17(19)20/h4-10H,3H2,1-2H3,(H,19,20). The Balaban J connectivity index is 2.27. The van der Waals surface area contributed by atoms with E-state index in [-0.39, 0.29) is 0 Å². The third-order valence-electron chi connectivity index (χ3n) is 3.83. The molecule has 0 spiro atoms. The molecule has 118 valence electrons. The third-order valence-corrected chi connectivity index (χ3v) is 3.83. The van der Waals surface area contributed by atoms with Gasteiger partial charge in [0.1, 0.15) is 11.3 Å². The van der Waals surface area contributed by atoms with Gasteiger partial charge in [-0.05, 0) is 36.4 Å².